The molecule has 1 aromatic heterocycles. The number of halogens is 2. The zero-order valence-electron chi connectivity index (χ0n) is 14.7. The standard InChI is InChI=1S/C19H13BrClN3O4S/c20-17-9-13(24(26)27)3-7-16(17)18-8-4-14(28-18)10-22-23-19(25)11-29-15-5-1-12(21)2-6-15/h1-10H,11H2,(H,23,25)/b22-10+. The van der Waals surface area contributed by atoms with Gasteiger partial charge in [0.1, 0.15) is 11.5 Å². The quantitative estimate of drug-likeness (QED) is 0.202. The maximum absolute atomic E-state index is 11.9. The van der Waals surface area contributed by atoms with E-state index in [4.69, 9.17) is 16.0 Å². The van der Waals surface area contributed by atoms with Crippen LogP contribution in [0.4, 0.5) is 5.69 Å². The molecule has 0 fully saturated rings. The summed E-state index contributed by atoms with van der Waals surface area (Å²) in [6.07, 6.45) is 1.38. The molecule has 29 heavy (non-hydrogen) atoms. The van der Waals surface area contributed by atoms with Gasteiger partial charge in [0, 0.05) is 32.1 Å². The minimum Gasteiger partial charge on any atom is -0.455 e. The van der Waals surface area contributed by atoms with E-state index in [1.807, 2.05) is 12.1 Å². The van der Waals surface area contributed by atoms with Crippen molar-refractivity contribution in [3.8, 4) is 11.3 Å². The van der Waals surface area contributed by atoms with Crippen LogP contribution in [-0.2, 0) is 4.79 Å². The van der Waals surface area contributed by atoms with Gasteiger partial charge >= 0.3 is 0 Å². The van der Waals surface area contributed by atoms with Crippen molar-refractivity contribution in [1.82, 2.24) is 5.43 Å². The maximum Gasteiger partial charge on any atom is 0.270 e. The average molecular weight is 495 g/mol. The number of nitrogens with zero attached hydrogens (tertiary/aromatic N) is 2. The third kappa shape index (κ3) is 5.93. The summed E-state index contributed by atoms with van der Waals surface area (Å²) in [7, 11) is 0. The normalized spacial score (nSPS) is 11.0. The lowest BCUT2D eigenvalue weighted by Crippen LogP contribution is -2.19. The van der Waals surface area contributed by atoms with Crippen molar-refractivity contribution in [2.24, 2.45) is 5.10 Å². The highest BCUT2D eigenvalue weighted by atomic mass is 79.9. The number of furan rings is 1. The monoisotopic (exact) mass is 493 g/mol. The van der Waals surface area contributed by atoms with Crippen LogP contribution in [0.15, 0.2) is 73.5 Å². The first-order valence-electron chi connectivity index (χ1n) is 8.17. The van der Waals surface area contributed by atoms with E-state index in [-0.39, 0.29) is 17.3 Å². The van der Waals surface area contributed by atoms with Gasteiger partial charge in [-0.2, -0.15) is 5.10 Å². The maximum atomic E-state index is 11.9. The Morgan fingerprint density at radius 3 is 2.69 bits per heavy atom. The molecule has 1 amide bonds. The molecule has 3 rings (SSSR count). The van der Waals surface area contributed by atoms with Crippen molar-refractivity contribution >= 4 is 57.1 Å². The fourth-order valence-corrected chi connectivity index (χ4v) is 3.64. The summed E-state index contributed by atoms with van der Waals surface area (Å²) in [5.41, 5.74) is 3.08. The summed E-state index contributed by atoms with van der Waals surface area (Å²) in [5, 5.41) is 15.3. The second-order valence-corrected chi connectivity index (χ2v) is 8.00. The van der Waals surface area contributed by atoms with E-state index in [0.717, 1.165) is 4.90 Å². The first-order chi connectivity index (χ1) is 13.9. The van der Waals surface area contributed by atoms with E-state index in [1.54, 1.807) is 30.3 Å². The fourth-order valence-electron chi connectivity index (χ4n) is 2.26. The third-order valence-electron chi connectivity index (χ3n) is 3.62. The van der Waals surface area contributed by atoms with Crippen LogP contribution in [0.25, 0.3) is 11.3 Å². The lowest BCUT2D eigenvalue weighted by atomic mass is 10.1. The smallest absolute Gasteiger partial charge is 0.270 e. The second kappa shape index (κ2) is 9.73. The van der Waals surface area contributed by atoms with E-state index in [9.17, 15) is 14.9 Å². The van der Waals surface area contributed by atoms with Gasteiger partial charge < -0.3 is 4.42 Å². The summed E-state index contributed by atoms with van der Waals surface area (Å²) in [6, 6.07) is 15.0. The number of non-ortho nitro benzene ring substituents is 1. The van der Waals surface area contributed by atoms with Crippen molar-refractivity contribution in [3.63, 3.8) is 0 Å². The fraction of sp³-hybridized carbons (Fsp3) is 0.0526. The van der Waals surface area contributed by atoms with Crippen LogP contribution < -0.4 is 5.43 Å². The van der Waals surface area contributed by atoms with Crippen LogP contribution in [0.1, 0.15) is 5.76 Å². The van der Waals surface area contributed by atoms with Crippen molar-refractivity contribution in [2.45, 2.75) is 4.90 Å². The summed E-state index contributed by atoms with van der Waals surface area (Å²) >= 11 is 10.5. The Bertz CT molecular complexity index is 1070. The Hall–Kier alpha value is -2.62. The Morgan fingerprint density at radius 2 is 2.00 bits per heavy atom. The number of carbonyl (C=O) groups is 1. The second-order valence-electron chi connectivity index (χ2n) is 5.66. The first kappa shape index (κ1) is 21.1. The number of benzene rings is 2. The van der Waals surface area contributed by atoms with Crippen molar-refractivity contribution in [2.75, 3.05) is 5.75 Å². The summed E-state index contributed by atoms with van der Waals surface area (Å²) in [4.78, 5) is 23.1. The highest BCUT2D eigenvalue weighted by Crippen LogP contribution is 2.32. The van der Waals surface area contributed by atoms with Gasteiger partial charge in [0.25, 0.3) is 5.69 Å². The molecule has 1 N–H and O–H groups in total. The first-order valence-corrected chi connectivity index (χ1v) is 10.3. The zero-order valence-corrected chi connectivity index (χ0v) is 17.8. The number of rotatable bonds is 7. The number of nitro groups is 1. The number of hydrazone groups is 1. The van der Waals surface area contributed by atoms with E-state index >= 15 is 0 Å². The molecule has 0 bridgehead atoms. The highest BCUT2D eigenvalue weighted by molar-refractivity contribution is 9.10. The van der Waals surface area contributed by atoms with Gasteiger partial charge in [-0.25, -0.2) is 5.43 Å². The Balaban J connectivity index is 1.55. The minimum atomic E-state index is -0.470. The number of nitro benzene ring substituents is 1. The van der Waals surface area contributed by atoms with Gasteiger partial charge in [-0.05, 0) is 58.4 Å². The molecule has 148 valence electrons. The molecule has 0 aliphatic rings. The lowest BCUT2D eigenvalue weighted by molar-refractivity contribution is -0.384. The molecule has 2 aromatic carbocycles. The van der Waals surface area contributed by atoms with Gasteiger partial charge in [0.15, 0.2) is 0 Å². The van der Waals surface area contributed by atoms with Crippen LogP contribution in [0.5, 0.6) is 0 Å². The van der Waals surface area contributed by atoms with Crippen LogP contribution in [0, 0.1) is 10.1 Å². The number of carbonyl (C=O) groups excluding carboxylic acids is 1. The van der Waals surface area contributed by atoms with Crippen molar-refractivity contribution < 1.29 is 14.1 Å². The van der Waals surface area contributed by atoms with Gasteiger partial charge in [-0.15, -0.1) is 11.8 Å². The van der Waals surface area contributed by atoms with Gasteiger partial charge in [-0.1, -0.05) is 11.6 Å². The summed E-state index contributed by atoms with van der Waals surface area (Å²) < 4.78 is 6.19. The molecule has 0 spiro atoms. The van der Waals surface area contributed by atoms with Crippen LogP contribution in [0.3, 0.4) is 0 Å². The van der Waals surface area contributed by atoms with E-state index in [1.165, 1.54) is 30.1 Å². The van der Waals surface area contributed by atoms with Crippen LogP contribution in [-0.4, -0.2) is 22.8 Å². The van der Waals surface area contributed by atoms with E-state index < -0.39 is 4.92 Å². The zero-order chi connectivity index (χ0) is 20.8. The summed E-state index contributed by atoms with van der Waals surface area (Å²) in [5.74, 6) is 0.887. The molecule has 0 aliphatic carbocycles. The Labute approximate surface area is 183 Å². The molecule has 0 unspecified atom stereocenters. The molecule has 0 saturated carbocycles. The molecule has 0 aliphatic heterocycles. The van der Waals surface area contributed by atoms with Crippen molar-refractivity contribution in [3.05, 3.63) is 80.0 Å². The molecule has 0 radical (unpaired) electrons. The minimum absolute atomic E-state index is 0.0202. The topological polar surface area (TPSA) is 97.7 Å². The molecule has 0 saturated heterocycles. The van der Waals surface area contributed by atoms with Gasteiger partial charge in [0.2, 0.25) is 5.91 Å². The summed E-state index contributed by atoms with van der Waals surface area (Å²) in [6.45, 7) is 0. The molecule has 7 nitrogen and oxygen atoms in total. The van der Waals surface area contributed by atoms with Gasteiger partial charge in [0.05, 0.1) is 16.9 Å². The number of hydrogen-bond acceptors (Lipinski definition) is 6. The van der Waals surface area contributed by atoms with Crippen LogP contribution >= 0.6 is 39.3 Å². The SMILES string of the molecule is O=C(CSc1ccc(Cl)cc1)N/N=C/c1ccc(-c2ccc([N+](=O)[O-])cc2Br)o1. The molecule has 10 heteroatoms. The predicted octanol–water partition coefficient (Wildman–Crippen LogP) is 5.51. The average Bonchev–Trinajstić information content (AvgIpc) is 3.16. The molecule has 0 atom stereocenters. The lowest BCUT2D eigenvalue weighted by Gasteiger charge is -2.01. The molecular formula is C19H13BrClN3O4S. The predicted molar refractivity (Wildman–Crippen MR) is 116 cm³/mol. The molecular weight excluding hydrogens is 482 g/mol. The molecule has 1 heterocycles. The number of thioether (sulfide) groups is 1. The Morgan fingerprint density at radius 1 is 1.24 bits per heavy atom. The van der Waals surface area contributed by atoms with E-state index in [0.29, 0.717) is 26.6 Å². The largest absolute Gasteiger partial charge is 0.455 e. The highest BCUT2D eigenvalue weighted by Gasteiger charge is 2.13. The van der Waals surface area contributed by atoms with Crippen molar-refractivity contribution in [1.29, 1.82) is 0 Å². The van der Waals surface area contributed by atoms with Crippen LogP contribution in [0.2, 0.25) is 5.02 Å². The number of nitrogens with one attached hydrogen (secondary N) is 1. The Kier molecular flexibility index (Phi) is 7.08. The van der Waals surface area contributed by atoms with E-state index in [2.05, 4.69) is 26.5 Å². The number of hydrogen-bond donors (Lipinski definition) is 1. The third-order valence-corrected chi connectivity index (χ3v) is 5.54. The molecule has 3 aromatic rings. The number of amides is 1. The van der Waals surface area contributed by atoms with Gasteiger partial charge in [-0.3, -0.25) is 14.9 Å².